The Morgan fingerprint density at radius 1 is 1.42 bits per heavy atom. The maximum absolute atomic E-state index is 14.0. The van der Waals surface area contributed by atoms with Crippen LogP contribution in [-0.2, 0) is 6.54 Å². The van der Waals surface area contributed by atoms with E-state index in [0.717, 1.165) is 6.20 Å². The molecule has 19 heavy (non-hydrogen) atoms. The highest BCUT2D eigenvalue weighted by Gasteiger charge is 2.17. The molecule has 0 saturated heterocycles. The Labute approximate surface area is 120 Å². The predicted octanol–water partition coefficient (Wildman–Crippen LogP) is 1.44. The van der Waals surface area contributed by atoms with Gasteiger partial charge in [-0.3, -0.25) is 4.79 Å². The van der Waals surface area contributed by atoms with Gasteiger partial charge in [-0.2, -0.15) is 0 Å². The minimum atomic E-state index is -1.38. The van der Waals surface area contributed by atoms with Crippen molar-refractivity contribution >= 4 is 39.5 Å². The average Bonchev–Trinajstić information content (AvgIpc) is 2.32. The van der Waals surface area contributed by atoms with Crippen LogP contribution in [0.4, 0.5) is 4.39 Å². The summed E-state index contributed by atoms with van der Waals surface area (Å²) in [6, 6.07) is 2.68. The van der Waals surface area contributed by atoms with Crippen molar-refractivity contribution < 1.29 is 19.4 Å². The predicted molar refractivity (Wildman–Crippen MR) is 74.9 cm³/mol. The molecule has 2 aromatic rings. The van der Waals surface area contributed by atoms with E-state index in [1.807, 2.05) is 22.6 Å². The summed E-state index contributed by atoms with van der Waals surface area (Å²) in [5, 5.41) is 17.9. The molecule has 2 rings (SSSR count). The number of aromatic carboxylic acids is 1. The van der Waals surface area contributed by atoms with Gasteiger partial charge < -0.3 is 14.8 Å². The number of carboxylic acid groups (broad SMARTS) is 1. The Morgan fingerprint density at radius 2 is 2.11 bits per heavy atom. The lowest BCUT2D eigenvalue weighted by Crippen LogP contribution is -2.20. The fourth-order valence-electron chi connectivity index (χ4n) is 1.89. The molecule has 5 nitrogen and oxygen atoms in total. The van der Waals surface area contributed by atoms with Gasteiger partial charge in [0.2, 0.25) is 5.43 Å². The lowest BCUT2D eigenvalue weighted by Gasteiger charge is -2.12. The highest BCUT2D eigenvalue weighted by Crippen LogP contribution is 2.19. The maximum Gasteiger partial charge on any atom is 0.341 e. The van der Waals surface area contributed by atoms with Crippen LogP contribution in [-0.4, -0.2) is 27.4 Å². The van der Waals surface area contributed by atoms with E-state index in [4.69, 9.17) is 10.2 Å². The fourth-order valence-corrected chi connectivity index (χ4v) is 2.48. The first-order chi connectivity index (χ1) is 8.95. The number of carbonyl (C=O) groups is 1. The molecule has 0 unspecified atom stereocenters. The zero-order valence-corrected chi connectivity index (χ0v) is 11.7. The van der Waals surface area contributed by atoms with E-state index in [-0.39, 0.29) is 24.1 Å². The summed E-state index contributed by atoms with van der Waals surface area (Å²) in [6.45, 7) is -0.281. The van der Waals surface area contributed by atoms with Crippen LogP contribution in [0.3, 0.4) is 0 Å². The third-order valence-electron chi connectivity index (χ3n) is 2.66. The van der Waals surface area contributed by atoms with E-state index in [0.29, 0.717) is 3.57 Å². The molecule has 7 heteroatoms. The molecular formula is C12H9FINO4. The Hall–Kier alpha value is -1.48. The molecule has 0 bridgehead atoms. The topological polar surface area (TPSA) is 79.5 Å². The highest BCUT2D eigenvalue weighted by molar-refractivity contribution is 14.1. The molecule has 0 fully saturated rings. The molecule has 0 saturated carbocycles. The number of nitrogens with zero attached hydrogens (tertiary/aromatic N) is 1. The molecule has 1 aromatic carbocycles. The van der Waals surface area contributed by atoms with Gasteiger partial charge in [-0.05, 0) is 34.7 Å². The molecule has 0 aliphatic rings. The second kappa shape index (κ2) is 5.25. The molecule has 0 atom stereocenters. The Kier molecular flexibility index (Phi) is 3.85. The summed E-state index contributed by atoms with van der Waals surface area (Å²) in [6.07, 6.45) is 1.05. The zero-order valence-electron chi connectivity index (χ0n) is 9.56. The van der Waals surface area contributed by atoms with Crippen LogP contribution in [0.5, 0.6) is 0 Å². The van der Waals surface area contributed by atoms with Crippen LogP contribution >= 0.6 is 22.6 Å². The first-order valence-electron chi connectivity index (χ1n) is 5.32. The van der Waals surface area contributed by atoms with Gasteiger partial charge in [0.15, 0.2) is 0 Å². The van der Waals surface area contributed by atoms with Crippen LogP contribution in [0.1, 0.15) is 10.4 Å². The molecule has 1 heterocycles. The lowest BCUT2D eigenvalue weighted by molar-refractivity contribution is 0.0694. The summed E-state index contributed by atoms with van der Waals surface area (Å²) in [4.78, 5) is 23.0. The highest BCUT2D eigenvalue weighted by atomic mass is 127. The van der Waals surface area contributed by atoms with Gasteiger partial charge in [0.1, 0.15) is 11.4 Å². The second-order valence-corrected chi connectivity index (χ2v) is 5.12. The maximum atomic E-state index is 14.0. The molecule has 100 valence electrons. The molecule has 0 spiro atoms. The van der Waals surface area contributed by atoms with Gasteiger partial charge in [-0.15, -0.1) is 0 Å². The molecular weight excluding hydrogens is 368 g/mol. The number of hydrogen-bond acceptors (Lipinski definition) is 3. The number of fused-ring (bicyclic) bond motifs is 1. The van der Waals surface area contributed by atoms with Gasteiger partial charge in [0.25, 0.3) is 0 Å². The van der Waals surface area contributed by atoms with E-state index >= 15 is 0 Å². The van der Waals surface area contributed by atoms with Crippen molar-refractivity contribution in [3.63, 3.8) is 0 Å². The van der Waals surface area contributed by atoms with Crippen molar-refractivity contribution in [3.05, 3.63) is 43.5 Å². The Morgan fingerprint density at radius 3 is 2.68 bits per heavy atom. The molecule has 2 N–H and O–H groups in total. The average molecular weight is 377 g/mol. The summed E-state index contributed by atoms with van der Waals surface area (Å²) in [5.74, 6) is -2.00. The first kappa shape index (κ1) is 13.9. The monoisotopic (exact) mass is 377 g/mol. The van der Waals surface area contributed by atoms with Crippen molar-refractivity contribution in [3.8, 4) is 0 Å². The first-order valence-corrected chi connectivity index (χ1v) is 6.40. The zero-order chi connectivity index (χ0) is 14.2. The minimum Gasteiger partial charge on any atom is -0.477 e. The minimum absolute atomic E-state index is 0.00208. The van der Waals surface area contributed by atoms with Crippen molar-refractivity contribution in [1.29, 1.82) is 0 Å². The molecule has 0 aliphatic heterocycles. The van der Waals surface area contributed by atoms with Gasteiger partial charge in [0, 0.05) is 16.3 Å². The lowest BCUT2D eigenvalue weighted by atomic mass is 10.1. The van der Waals surface area contributed by atoms with Crippen LogP contribution < -0.4 is 5.43 Å². The van der Waals surface area contributed by atoms with Crippen LogP contribution in [0.15, 0.2) is 23.1 Å². The van der Waals surface area contributed by atoms with Crippen molar-refractivity contribution in [2.24, 2.45) is 0 Å². The van der Waals surface area contributed by atoms with Gasteiger partial charge in [-0.1, -0.05) is 0 Å². The number of benzene rings is 1. The number of aliphatic hydroxyl groups excluding tert-OH is 1. The van der Waals surface area contributed by atoms with E-state index in [2.05, 4.69) is 0 Å². The normalized spacial score (nSPS) is 10.9. The number of rotatable bonds is 3. The third kappa shape index (κ3) is 2.47. The van der Waals surface area contributed by atoms with Crippen LogP contribution in [0.2, 0.25) is 0 Å². The number of halogens is 2. The quantitative estimate of drug-likeness (QED) is 0.794. The van der Waals surface area contributed by atoms with E-state index in [1.54, 1.807) is 0 Å². The number of aromatic nitrogens is 1. The molecule has 0 aliphatic carbocycles. The summed E-state index contributed by atoms with van der Waals surface area (Å²) in [7, 11) is 0. The number of carboxylic acids is 1. The van der Waals surface area contributed by atoms with E-state index in [9.17, 15) is 14.0 Å². The van der Waals surface area contributed by atoms with E-state index in [1.165, 1.54) is 16.7 Å². The Balaban J connectivity index is 2.96. The summed E-state index contributed by atoms with van der Waals surface area (Å²) < 4.78 is 15.7. The van der Waals surface area contributed by atoms with Crippen LogP contribution in [0.25, 0.3) is 10.9 Å². The van der Waals surface area contributed by atoms with Gasteiger partial charge in [0.05, 0.1) is 17.5 Å². The summed E-state index contributed by atoms with van der Waals surface area (Å²) >= 11 is 1.85. The largest absolute Gasteiger partial charge is 0.477 e. The number of hydrogen-bond donors (Lipinski definition) is 2. The van der Waals surface area contributed by atoms with Crippen LogP contribution in [0, 0.1) is 9.39 Å². The number of aliphatic hydroxyl groups is 1. The fraction of sp³-hybridized carbons (Fsp3) is 0.167. The standard InChI is InChI=1S/C12H9FINO4/c13-9-4-6(14)3-7-10(9)15(1-2-16)5-8(11(7)17)12(18)19/h3-5,16H,1-2H2,(H,18,19). The smallest absolute Gasteiger partial charge is 0.341 e. The van der Waals surface area contributed by atoms with Crippen molar-refractivity contribution in [2.75, 3.05) is 6.61 Å². The SMILES string of the molecule is O=C(O)c1cn(CCO)c2c(F)cc(I)cc2c1=O. The van der Waals surface area contributed by atoms with E-state index < -0.39 is 22.8 Å². The molecule has 0 amide bonds. The number of pyridine rings is 1. The summed E-state index contributed by atoms with van der Waals surface area (Å²) in [5.41, 5.74) is -1.17. The van der Waals surface area contributed by atoms with Gasteiger partial charge in [-0.25, -0.2) is 9.18 Å². The van der Waals surface area contributed by atoms with Gasteiger partial charge >= 0.3 is 5.97 Å². The Bertz CT molecular complexity index is 726. The second-order valence-electron chi connectivity index (χ2n) is 3.88. The third-order valence-corrected chi connectivity index (χ3v) is 3.28. The molecule has 0 radical (unpaired) electrons. The molecule has 1 aromatic heterocycles. The van der Waals surface area contributed by atoms with Crippen molar-refractivity contribution in [2.45, 2.75) is 6.54 Å². The van der Waals surface area contributed by atoms with Crippen molar-refractivity contribution in [1.82, 2.24) is 4.57 Å².